The van der Waals surface area contributed by atoms with Crippen LogP contribution in [0.1, 0.15) is 34.7 Å². The van der Waals surface area contributed by atoms with Gasteiger partial charge in [0.15, 0.2) is 0 Å². The molecule has 104 valence electrons. The Kier molecular flexibility index (Phi) is 3.91. The fourth-order valence-electron chi connectivity index (χ4n) is 3.05. The van der Waals surface area contributed by atoms with Crippen LogP contribution in [0.2, 0.25) is 0 Å². The van der Waals surface area contributed by atoms with E-state index in [9.17, 15) is 0 Å². The molecule has 3 rings (SSSR count). The zero-order valence-corrected chi connectivity index (χ0v) is 14.8. The summed E-state index contributed by atoms with van der Waals surface area (Å²) in [6.45, 7) is 4.33. The van der Waals surface area contributed by atoms with Crippen LogP contribution in [0.3, 0.4) is 0 Å². The molecule has 1 aliphatic carbocycles. The number of rotatable bonds is 2. The number of benzene rings is 2. The predicted octanol–water partition coefficient (Wildman–Crippen LogP) is 5.93. The SMILES string of the molecule is Cc1cc(Br)cc(C)c1NC1CCc2cc(Br)ccc21. The topological polar surface area (TPSA) is 12.0 Å². The fraction of sp³-hybridized carbons (Fsp3) is 0.294. The van der Waals surface area contributed by atoms with Gasteiger partial charge in [-0.05, 0) is 73.2 Å². The molecule has 0 amide bonds. The van der Waals surface area contributed by atoms with Gasteiger partial charge in [0, 0.05) is 14.6 Å². The van der Waals surface area contributed by atoms with E-state index >= 15 is 0 Å². The highest BCUT2D eigenvalue weighted by molar-refractivity contribution is 9.10. The van der Waals surface area contributed by atoms with Gasteiger partial charge in [0.05, 0.1) is 6.04 Å². The summed E-state index contributed by atoms with van der Waals surface area (Å²) in [6, 6.07) is 11.4. The molecule has 0 saturated heterocycles. The van der Waals surface area contributed by atoms with Gasteiger partial charge in [0.1, 0.15) is 0 Å². The second kappa shape index (κ2) is 5.53. The monoisotopic (exact) mass is 393 g/mol. The molecular formula is C17H17Br2N. The molecule has 0 fully saturated rings. The summed E-state index contributed by atoms with van der Waals surface area (Å²) >= 11 is 7.12. The lowest BCUT2D eigenvalue weighted by atomic mass is 10.1. The first kappa shape index (κ1) is 14.2. The summed E-state index contributed by atoms with van der Waals surface area (Å²) in [4.78, 5) is 0. The molecule has 0 heterocycles. The lowest BCUT2D eigenvalue weighted by molar-refractivity contribution is 0.760. The molecule has 20 heavy (non-hydrogen) atoms. The van der Waals surface area contributed by atoms with Gasteiger partial charge in [-0.2, -0.15) is 0 Å². The predicted molar refractivity (Wildman–Crippen MR) is 92.4 cm³/mol. The molecule has 0 saturated carbocycles. The van der Waals surface area contributed by atoms with Crippen molar-refractivity contribution in [3.8, 4) is 0 Å². The molecule has 1 unspecified atom stereocenters. The summed E-state index contributed by atoms with van der Waals surface area (Å²) in [5.41, 5.74) is 6.76. The van der Waals surface area contributed by atoms with Crippen molar-refractivity contribution in [2.24, 2.45) is 0 Å². The first-order valence-corrected chi connectivity index (χ1v) is 8.45. The molecule has 0 spiro atoms. The largest absolute Gasteiger partial charge is 0.378 e. The van der Waals surface area contributed by atoms with Crippen LogP contribution in [0.4, 0.5) is 5.69 Å². The fourth-order valence-corrected chi connectivity index (χ4v) is 4.14. The molecule has 0 bridgehead atoms. The van der Waals surface area contributed by atoms with Crippen molar-refractivity contribution in [2.75, 3.05) is 5.32 Å². The molecule has 1 atom stereocenters. The molecule has 0 aliphatic heterocycles. The zero-order chi connectivity index (χ0) is 14.3. The molecule has 1 nitrogen and oxygen atoms in total. The van der Waals surface area contributed by atoms with Crippen LogP contribution in [0.5, 0.6) is 0 Å². The number of halogens is 2. The maximum absolute atomic E-state index is 3.74. The number of nitrogens with one attached hydrogen (secondary N) is 1. The van der Waals surface area contributed by atoms with Crippen molar-refractivity contribution in [3.05, 3.63) is 61.5 Å². The summed E-state index contributed by atoms with van der Waals surface area (Å²) in [5.74, 6) is 0. The van der Waals surface area contributed by atoms with Crippen LogP contribution >= 0.6 is 31.9 Å². The van der Waals surface area contributed by atoms with E-state index in [1.54, 1.807) is 0 Å². The van der Waals surface area contributed by atoms with Crippen LogP contribution in [0.25, 0.3) is 0 Å². The lowest BCUT2D eigenvalue weighted by Crippen LogP contribution is -2.09. The minimum atomic E-state index is 0.427. The first-order valence-electron chi connectivity index (χ1n) is 6.86. The third-order valence-corrected chi connectivity index (χ3v) is 4.95. The van der Waals surface area contributed by atoms with Gasteiger partial charge in [-0.3, -0.25) is 0 Å². The number of fused-ring (bicyclic) bond motifs is 1. The van der Waals surface area contributed by atoms with Crippen LogP contribution in [0, 0.1) is 13.8 Å². The Balaban J connectivity index is 1.91. The molecule has 3 heteroatoms. The Morgan fingerprint density at radius 2 is 1.70 bits per heavy atom. The smallest absolute Gasteiger partial charge is 0.0519 e. The van der Waals surface area contributed by atoms with Crippen molar-refractivity contribution in [1.29, 1.82) is 0 Å². The van der Waals surface area contributed by atoms with E-state index < -0.39 is 0 Å². The van der Waals surface area contributed by atoms with Crippen molar-refractivity contribution in [3.63, 3.8) is 0 Å². The Bertz CT molecular complexity index is 641. The highest BCUT2D eigenvalue weighted by atomic mass is 79.9. The maximum Gasteiger partial charge on any atom is 0.0519 e. The van der Waals surface area contributed by atoms with Gasteiger partial charge < -0.3 is 5.32 Å². The van der Waals surface area contributed by atoms with E-state index in [1.807, 2.05) is 0 Å². The quantitative estimate of drug-likeness (QED) is 0.665. The lowest BCUT2D eigenvalue weighted by Gasteiger charge is -2.20. The third-order valence-electron chi connectivity index (χ3n) is 4.00. The van der Waals surface area contributed by atoms with Gasteiger partial charge >= 0.3 is 0 Å². The molecule has 2 aromatic rings. The van der Waals surface area contributed by atoms with Crippen molar-refractivity contribution in [1.82, 2.24) is 0 Å². The van der Waals surface area contributed by atoms with Gasteiger partial charge in [-0.25, -0.2) is 0 Å². The van der Waals surface area contributed by atoms with E-state index in [0.717, 1.165) is 10.9 Å². The highest BCUT2D eigenvalue weighted by Crippen LogP contribution is 2.37. The van der Waals surface area contributed by atoms with E-state index in [0.29, 0.717) is 6.04 Å². The number of aryl methyl sites for hydroxylation is 3. The average Bonchev–Trinajstić information content (AvgIpc) is 2.76. The zero-order valence-electron chi connectivity index (χ0n) is 11.6. The Morgan fingerprint density at radius 3 is 2.40 bits per heavy atom. The average molecular weight is 395 g/mol. The van der Waals surface area contributed by atoms with E-state index in [4.69, 9.17) is 0 Å². The van der Waals surface area contributed by atoms with E-state index in [1.165, 1.54) is 38.8 Å². The third kappa shape index (κ3) is 2.66. The van der Waals surface area contributed by atoms with Gasteiger partial charge in [0.2, 0.25) is 0 Å². The van der Waals surface area contributed by atoms with Gasteiger partial charge in [-0.15, -0.1) is 0 Å². The highest BCUT2D eigenvalue weighted by Gasteiger charge is 2.23. The first-order chi connectivity index (χ1) is 9.54. The number of hydrogen-bond donors (Lipinski definition) is 1. The number of anilines is 1. The van der Waals surface area contributed by atoms with Gasteiger partial charge in [-0.1, -0.05) is 37.9 Å². The molecule has 0 radical (unpaired) electrons. The van der Waals surface area contributed by atoms with Crippen molar-refractivity contribution >= 4 is 37.5 Å². The van der Waals surface area contributed by atoms with Crippen LogP contribution < -0.4 is 5.32 Å². The Labute approximate surface area is 137 Å². The second-order valence-electron chi connectivity index (χ2n) is 5.49. The van der Waals surface area contributed by atoms with E-state index in [2.05, 4.69) is 81.4 Å². The summed E-state index contributed by atoms with van der Waals surface area (Å²) in [6.07, 6.45) is 2.32. The van der Waals surface area contributed by atoms with Gasteiger partial charge in [0.25, 0.3) is 0 Å². The maximum atomic E-state index is 3.74. The Morgan fingerprint density at radius 1 is 1.00 bits per heavy atom. The van der Waals surface area contributed by atoms with E-state index in [-0.39, 0.29) is 0 Å². The second-order valence-corrected chi connectivity index (χ2v) is 7.32. The van der Waals surface area contributed by atoms with Crippen LogP contribution in [-0.4, -0.2) is 0 Å². The molecule has 0 aromatic heterocycles. The molecule has 1 aliphatic rings. The van der Waals surface area contributed by atoms with Crippen LogP contribution in [-0.2, 0) is 6.42 Å². The minimum absolute atomic E-state index is 0.427. The summed E-state index contributed by atoms with van der Waals surface area (Å²) in [7, 11) is 0. The summed E-state index contributed by atoms with van der Waals surface area (Å²) < 4.78 is 2.32. The normalized spacial score (nSPS) is 17.1. The van der Waals surface area contributed by atoms with Crippen LogP contribution in [0.15, 0.2) is 39.3 Å². The number of hydrogen-bond acceptors (Lipinski definition) is 1. The molecular weight excluding hydrogens is 378 g/mol. The molecule has 1 N–H and O–H groups in total. The molecule has 2 aromatic carbocycles. The minimum Gasteiger partial charge on any atom is -0.378 e. The van der Waals surface area contributed by atoms with Crippen molar-refractivity contribution < 1.29 is 0 Å². The standard InChI is InChI=1S/C17H17Br2N/c1-10-7-14(19)8-11(2)17(10)20-16-6-3-12-9-13(18)4-5-15(12)16/h4-5,7-9,16,20H,3,6H2,1-2H3. The Hall–Kier alpha value is -0.800. The summed E-state index contributed by atoms with van der Waals surface area (Å²) in [5, 5.41) is 3.74. The van der Waals surface area contributed by atoms with Crippen molar-refractivity contribution in [2.45, 2.75) is 32.7 Å².